The fourth-order valence-corrected chi connectivity index (χ4v) is 4.13. The highest BCUT2D eigenvalue weighted by molar-refractivity contribution is 7.89. The van der Waals surface area contributed by atoms with Crippen LogP contribution in [0.4, 0.5) is 5.69 Å². The number of amides is 1. The molecule has 1 amide bonds. The summed E-state index contributed by atoms with van der Waals surface area (Å²) in [6, 6.07) is 6.72. The van der Waals surface area contributed by atoms with Crippen LogP contribution in [0.2, 0.25) is 5.02 Å². The third kappa shape index (κ3) is 4.32. The van der Waals surface area contributed by atoms with E-state index < -0.39 is 22.0 Å². The number of hydrogen-bond acceptors (Lipinski definition) is 5. The monoisotopic (exact) mass is 421 g/mol. The molecule has 0 bridgehead atoms. The molecule has 10 heteroatoms. The maximum absolute atomic E-state index is 12.4. The molecule has 2 aromatic heterocycles. The minimum atomic E-state index is -3.88. The second-order valence-corrected chi connectivity index (χ2v) is 8.76. The summed E-state index contributed by atoms with van der Waals surface area (Å²) in [5.41, 5.74) is 1.16. The van der Waals surface area contributed by atoms with Gasteiger partial charge in [0.2, 0.25) is 15.9 Å². The number of aromatic nitrogens is 3. The number of anilines is 1. The van der Waals surface area contributed by atoms with Crippen molar-refractivity contribution in [1.29, 1.82) is 0 Å². The molecule has 0 fully saturated rings. The Morgan fingerprint density at radius 2 is 1.93 bits per heavy atom. The molecule has 0 radical (unpaired) electrons. The Balaban J connectivity index is 1.73. The topological polar surface area (TPSA) is 106 Å². The lowest BCUT2D eigenvalue weighted by atomic mass is 10.3. The van der Waals surface area contributed by atoms with E-state index >= 15 is 0 Å². The standard InChI is InChI=1S/C18H20ClN5O3S/c1-11(2)24-17-13(9-21-24)7-15(10-20-17)22-18(25)12(3)23-28(26,27)16-6-4-5-14(19)8-16/h4-12,23H,1-3H3,(H,22,25). The van der Waals surface area contributed by atoms with Crippen LogP contribution < -0.4 is 10.0 Å². The Bertz CT molecular complexity index is 1130. The number of nitrogens with one attached hydrogen (secondary N) is 2. The van der Waals surface area contributed by atoms with Gasteiger partial charge in [0.15, 0.2) is 5.65 Å². The van der Waals surface area contributed by atoms with Crippen molar-refractivity contribution in [1.82, 2.24) is 19.5 Å². The highest BCUT2D eigenvalue weighted by atomic mass is 35.5. The van der Waals surface area contributed by atoms with Crippen LogP contribution in [0.1, 0.15) is 26.8 Å². The van der Waals surface area contributed by atoms with Crippen molar-refractivity contribution in [3.63, 3.8) is 0 Å². The lowest BCUT2D eigenvalue weighted by Crippen LogP contribution is -2.41. The summed E-state index contributed by atoms with van der Waals surface area (Å²) in [6.07, 6.45) is 3.18. The fraction of sp³-hybridized carbons (Fsp3) is 0.278. The first-order chi connectivity index (χ1) is 13.2. The molecule has 0 saturated heterocycles. The number of fused-ring (bicyclic) bond motifs is 1. The molecular weight excluding hydrogens is 402 g/mol. The Hall–Kier alpha value is -2.49. The summed E-state index contributed by atoms with van der Waals surface area (Å²) in [7, 11) is -3.88. The van der Waals surface area contributed by atoms with Crippen LogP contribution in [-0.2, 0) is 14.8 Å². The van der Waals surface area contributed by atoms with Crippen LogP contribution in [0.3, 0.4) is 0 Å². The van der Waals surface area contributed by atoms with Gasteiger partial charge in [-0.2, -0.15) is 9.82 Å². The number of pyridine rings is 1. The number of benzene rings is 1. The molecule has 0 saturated carbocycles. The van der Waals surface area contributed by atoms with Gasteiger partial charge in [-0.3, -0.25) is 4.79 Å². The molecule has 1 atom stereocenters. The van der Waals surface area contributed by atoms with Crippen LogP contribution in [0.5, 0.6) is 0 Å². The van der Waals surface area contributed by atoms with E-state index in [2.05, 4.69) is 20.1 Å². The van der Waals surface area contributed by atoms with E-state index in [0.29, 0.717) is 16.4 Å². The lowest BCUT2D eigenvalue weighted by molar-refractivity contribution is -0.117. The Morgan fingerprint density at radius 1 is 1.18 bits per heavy atom. The van der Waals surface area contributed by atoms with Gasteiger partial charge >= 0.3 is 0 Å². The molecule has 0 aliphatic rings. The summed E-state index contributed by atoms with van der Waals surface area (Å²) in [6.45, 7) is 5.45. The summed E-state index contributed by atoms with van der Waals surface area (Å²) >= 11 is 5.84. The molecule has 3 rings (SSSR count). The van der Waals surface area contributed by atoms with E-state index in [4.69, 9.17) is 11.6 Å². The normalized spacial score (nSPS) is 13.0. The van der Waals surface area contributed by atoms with E-state index in [1.807, 2.05) is 13.8 Å². The fourth-order valence-electron chi connectivity index (χ4n) is 2.63. The van der Waals surface area contributed by atoms with Crippen LogP contribution >= 0.6 is 11.6 Å². The van der Waals surface area contributed by atoms with Gasteiger partial charge in [-0.05, 0) is 45.0 Å². The number of hydrogen-bond donors (Lipinski definition) is 2. The largest absolute Gasteiger partial charge is 0.323 e. The number of halogens is 1. The van der Waals surface area contributed by atoms with E-state index in [-0.39, 0.29) is 10.9 Å². The third-order valence-electron chi connectivity index (χ3n) is 4.02. The molecular formula is C18H20ClN5O3S. The Labute approximate surface area is 168 Å². The zero-order valence-electron chi connectivity index (χ0n) is 15.5. The second kappa shape index (κ2) is 7.86. The van der Waals surface area contributed by atoms with Crippen molar-refractivity contribution in [2.45, 2.75) is 37.8 Å². The molecule has 1 aromatic carbocycles. The Kier molecular flexibility index (Phi) is 5.69. The van der Waals surface area contributed by atoms with E-state index in [1.165, 1.54) is 31.3 Å². The predicted octanol–water partition coefficient (Wildman–Crippen LogP) is 2.97. The summed E-state index contributed by atoms with van der Waals surface area (Å²) in [5.74, 6) is -0.511. The zero-order valence-corrected chi connectivity index (χ0v) is 17.1. The lowest BCUT2D eigenvalue weighted by Gasteiger charge is -2.14. The molecule has 0 aliphatic heterocycles. The summed E-state index contributed by atoms with van der Waals surface area (Å²) < 4.78 is 29.0. The van der Waals surface area contributed by atoms with Crippen LogP contribution in [-0.4, -0.2) is 35.1 Å². The number of nitrogens with zero attached hydrogens (tertiary/aromatic N) is 3. The minimum absolute atomic E-state index is 0.0103. The summed E-state index contributed by atoms with van der Waals surface area (Å²) in [4.78, 5) is 16.8. The van der Waals surface area contributed by atoms with Crippen molar-refractivity contribution in [3.8, 4) is 0 Å². The second-order valence-electron chi connectivity index (χ2n) is 6.61. The predicted molar refractivity (Wildman–Crippen MR) is 108 cm³/mol. The molecule has 8 nitrogen and oxygen atoms in total. The van der Waals surface area contributed by atoms with Gasteiger partial charge in [0.25, 0.3) is 0 Å². The van der Waals surface area contributed by atoms with Crippen molar-refractivity contribution in [2.75, 3.05) is 5.32 Å². The number of carbonyl (C=O) groups excluding carboxylic acids is 1. The molecule has 0 spiro atoms. The van der Waals surface area contributed by atoms with Crippen molar-refractivity contribution < 1.29 is 13.2 Å². The SMILES string of the molecule is CC(NS(=O)(=O)c1cccc(Cl)c1)C(=O)Nc1cnc2c(cnn2C(C)C)c1. The van der Waals surface area contributed by atoms with Gasteiger partial charge in [-0.1, -0.05) is 17.7 Å². The summed E-state index contributed by atoms with van der Waals surface area (Å²) in [5, 5.41) is 8.01. The smallest absolute Gasteiger partial charge is 0.242 e. The van der Waals surface area contributed by atoms with Gasteiger partial charge in [-0.15, -0.1) is 0 Å². The quantitative estimate of drug-likeness (QED) is 0.636. The van der Waals surface area contributed by atoms with Gasteiger partial charge in [-0.25, -0.2) is 18.1 Å². The highest BCUT2D eigenvalue weighted by Crippen LogP contribution is 2.19. The molecule has 0 aliphatic carbocycles. The number of rotatable bonds is 6. The minimum Gasteiger partial charge on any atom is -0.323 e. The Morgan fingerprint density at radius 3 is 2.61 bits per heavy atom. The van der Waals surface area contributed by atoms with Crippen LogP contribution in [0, 0.1) is 0 Å². The van der Waals surface area contributed by atoms with Gasteiger partial charge < -0.3 is 5.32 Å². The van der Waals surface area contributed by atoms with Gasteiger partial charge in [0.1, 0.15) is 0 Å². The maximum atomic E-state index is 12.4. The molecule has 148 valence electrons. The average Bonchev–Trinajstić information content (AvgIpc) is 3.04. The third-order valence-corrected chi connectivity index (χ3v) is 5.80. The van der Waals surface area contributed by atoms with E-state index in [9.17, 15) is 13.2 Å². The van der Waals surface area contributed by atoms with E-state index in [1.54, 1.807) is 23.0 Å². The molecule has 3 aromatic rings. The first-order valence-electron chi connectivity index (χ1n) is 8.59. The molecule has 1 unspecified atom stereocenters. The van der Waals surface area contributed by atoms with E-state index in [0.717, 1.165) is 5.39 Å². The highest BCUT2D eigenvalue weighted by Gasteiger charge is 2.22. The first-order valence-corrected chi connectivity index (χ1v) is 10.5. The zero-order chi connectivity index (χ0) is 20.5. The maximum Gasteiger partial charge on any atom is 0.242 e. The van der Waals surface area contributed by atoms with Crippen molar-refractivity contribution >= 4 is 44.3 Å². The van der Waals surface area contributed by atoms with Gasteiger partial charge in [0, 0.05) is 16.5 Å². The molecule has 2 N–H and O–H groups in total. The molecule has 2 heterocycles. The van der Waals surface area contributed by atoms with Crippen molar-refractivity contribution in [2.24, 2.45) is 0 Å². The van der Waals surface area contributed by atoms with Crippen LogP contribution in [0.25, 0.3) is 11.0 Å². The van der Waals surface area contributed by atoms with Crippen LogP contribution in [0.15, 0.2) is 47.6 Å². The van der Waals surface area contributed by atoms with Gasteiger partial charge in [0.05, 0.1) is 29.0 Å². The van der Waals surface area contributed by atoms with Crippen molar-refractivity contribution in [3.05, 3.63) is 47.7 Å². The number of sulfonamides is 1. The average molecular weight is 422 g/mol. The first kappa shape index (κ1) is 20.2. The number of carbonyl (C=O) groups is 1. The molecule has 28 heavy (non-hydrogen) atoms.